The maximum absolute atomic E-state index is 6.07. The summed E-state index contributed by atoms with van der Waals surface area (Å²) >= 11 is 0. The van der Waals surface area contributed by atoms with E-state index in [-0.39, 0.29) is 5.60 Å². The molecule has 1 saturated heterocycles. The molecule has 1 N–H and O–H groups in total. The maximum atomic E-state index is 6.07. The first kappa shape index (κ1) is 12.0. The summed E-state index contributed by atoms with van der Waals surface area (Å²) in [5.41, 5.74) is 0.416. The van der Waals surface area contributed by atoms with Gasteiger partial charge in [0.05, 0.1) is 12.2 Å². The third kappa shape index (κ3) is 2.48. The highest BCUT2D eigenvalue weighted by Crippen LogP contribution is 2.31. The van der Waals surface area contributed by atoms with E-state index in [4.69, 9.17) is 4.74 Å². The van der Waals surface area contributed by atoms with Crippen LogP contribution in [0.25, 0.3) is 0 Å². The van der Waals surface area contributed by atoms with Crippen LogP contribution in [0.15, 0.2) is 0 Å². The van der Waals surface area contributed by atoms with Crippen molar-refractivity contribution in [3.05, 3.63) is 0 Å². The molecule has 0 amide bonds. The van der Waals surface area contributed by atoms with Crippen molar-refractivity contribution < 1.29 is 4.74 Å². The zero-order valence-electron chi connectivity index (χ0n) is 10.2. The summed E-state index contributed by atoms with van der Waals surface area (Å²) in [4.78, 5) is 0. The molecule has 1 atom stereocenters. The minimum Gasteiger partial charge on any atom is -0.373 e. The Morgan fingerprint density at radius 3 is 2.21 bits per heavy atom. The van der Waals surface area contributed by atoms with Crippen molar-refractivity contribution in [1.29, 1.82) is 0 Å². The molecule has 0 bridgehead atoms. The van der Waals surface area contributed by atoms with E-state index in [2.05, 4.69) is 33.0 Å². The zero-order valence-corrected chi connectivity index (χ0v) is 10.2. The molecule has 1 heterocycles. The van der Waals surface area contributed by atoms with Crippen molar-refractivity contribution in [1.82, 2.24) is 5.32 Å². The number of hydrogen-bond donors (Lipinski definition) is 1. The predicted octanol–water partition coefficient (Wildman–Crippen LogP) is 2.58. The van der Waals surface area contributed by atoms with Gasteiger partial charge in [0.25, 0.3) is 0 Å². The number of nitrogens with one attached hydrogen (secondary N) is 1. The Bertz CT molecular complexity index is 177. The maximum Gasteiger partial charge on any atom is 0.0775 e. The summed E-state index contributed by atoms with van der Waals surface area (Å²) in [5, 5.41) is 3.56. The van der Waals surface area contributed by atoms with Gasteiger partial charge in [-0.3, -0.25) is 0 Å². The van der Waals surface area contributed by atoms with Crippen LogP contribution in [0, 0.1) is 5.41 Å². The standard InChI is InChI=1S/C12H25NO/c1-5-11(4)8-13-9-12(6-2,7-3)10-14-11/h13H,5-10H2,1-4H3. The van der Waals surface area contributed by atoms with Crippen LogP contribution in [0.3, 0.4) is 0 Å². The Hall–Kier alpha value is -0.0800. The third-order valence-corrected chi connectivity index (χ3v) is 3.97. The lowest BCUT2D eigenvalue weighted by molar-refractivity contribution is -0.0555. The Balaban J connectivity index is 2.64. The fourth-order valence-electron chi connectivity index (χ4n) is 1.95. The van der Waals surface area contributed by atoms with Gasteiger partial charge in [0.2, 0.25) is 0 Å². The first-order valence-electron chi connectivity index (χ1n) is 5.94. The van der Waals surface area contributed by atoms with Gasteiger partial charge in [-0.25, -0.2) is 0 Å². The highest BCUT2D eigenvalue weighted by Gasteiger charge is 2.34. The van der Waals surface area contributed by atoms with Gasteiger partial charge >= 0.3 is 0 Å². The molecule has 1 aliphatic rings. The quantitative estimate of drug-likeness (QED) is 0.754. The molecule has 14 heavy (non-hydrogen) atoms. The summed E-state index contributed by atoms with van der Waals surface area (Å²) in [7, 11) is 0. The molecule has 2 nitrogen and oxygen atoms in total. The van der Waals surface area contributed by atoms with E-state index in [1.807, 2.05) is 0 Å². The molecule has 84 valence electrons. The minimum absolute atomic E-state index is 0.0477. The fraction of sp³-hybridized carbons (Fsp3) is 1.00. The van der Waals surface area contributed by atoms with Crippen molar-refractivity contribution in [3.8, 4) is 0 Å². The van der Waals surface area contributed by atoms with Gasteiger partial charge in [-0.15, -0.1) is 0 Å². The van der Waals surface area contributed by atoms with Crippen molar-refractivity contribution in [2.75, 3.05) is 19.7 Å². The molecule has 1 unspecified atom stereocenters. The number of ether oxygens (including phenoxy) is 1. The van der Waals surface area contributed by atoms with Crippen LogP contribution in [0.4, 0.5) is 0 Å². The van der Waals surface area contributed by atoms with Crippen molar-refractivity contribution >= 4 is 0 Å². The van der Waals surface area contributed by atoms with Gasteiger partial charge in [0, 0.05) is 18.5 Å². The average Bonchev–Trinajstić information content (AvgIpc) is 2.39. The van der Waals surface area contributed by atoms with E-state index in [0.717, 1.165) is 26.1 Å². The first-order valence-corrected chi connectivity index (χ1v) is 5.94. The Morgan fingerprint density at radius 2 is 1.71 bits per heavy atom. The molecule has 0 aromatic heterocycles. The van der Waals surface area contributed by atoms with Crippen LogP contribution in [-0.4, -0.2) is 25.3 Å². The SMILES string of the molecule is CCC1(CC)CNCC(C)(CC)OC1. The average molecular weight is 199 g/mol. The second-order valence-electron chi connectivity index (χ2n) is 4.90. The van der Waals surface area contributed by atoms with Crippen molar-refractivity contribution in [2.24, 2.45) is 5.41 Å². The molecule has 1 fully saturated rings. The predicted molar refractivity (Wildman–Crippen MR) is 60.5 cm³/mol. The molecule has 0 radical (unpaired) electrons. The summed E-state index contributed by atoms with van der Waals surface area (Å²) in [6, 6.07) is 0. The van der Waals surface area contributed by atoms with Gasteiger partial charge in [-0.2, -0.15) is 0 Å². The summed E-state index contributed by atoms with van der Waals surface area (Å²) in [5.74, 6) is 0. The van der Waals surface area contributed by atoms with Gasteiger partial charge in [0.1, 0.15) is 0 Å². The second-order valence-corrected chi connectivity index (χ2v) is 4.90. The van der Waals surface area contributed by atoms with Crippen LogP contribution < -0.4 is 5.32 Å². The Kier molecular flexibility index (Phi) is 3.96. The molecule has 2 heteroatoms. The Morgan fingerprint density at radius 1 is 1.07 bits per heavy atom. The van der Waals surface area contributed by atoms with Crippen molar-refractivity contribution in [2.45, 2.75) is 52.6 Å². The topological polar surface area (TPSA) is 21.3 Å². The third-order valence-electron chi connectivity index (χ3n) is 3.97. The first-order chi connectivity index (χ1) is 6.60. The molecule has 0 aromatic carbocycles. The van der Waals surface area contributed by atoms with E-state index in [0.29, 0.717) is 5.41 Å². The fourth-order valence-corrected chi connectivity index (χ4v) is 1.95. The van der Waals surface area contributed by atoms with Crippen LogP contribution in [0.5, 0.6) is 0 Å². The summed E-state index contributed by atoms with van der Waals surface area (Å²) in [6.07, 6.45) is 3.50. The molecule has 0 saturated carbocycles. The molecule has 1 aliphatic heterocycles. The van der Waals surface area contributed by atoms with Gasteiger partial charge in [-0.05, 0) is 26.2 Å². The van der Waals surface area contributed by atoms with Crippen molar-refractivity contribution in [3.63, 3.8) is 0 Å². The van der Waals surface area contributed by atoms with Gasteiger partial charge in [0.15, 0.2) is 0 Å². The van der Waals surface area contributed by atoms with Crippen LogP contribution >= 0.6 is 0 Å². The molecule has 0 aromatic rings. The van der Waals surface area contributed by atoms with Gasteiger partial charge < -0.3 is 10.1 Å². The highest BCUT2D eigenvalue weighted by atomic mass is 16.5. The molecule has 1 rings (SSSR count). The second kappa shape index (κ2) is 4.63. The van der Waals surface area contributed by atoms with E-state index >= 15 is 0 Å². The summed E-state index contributed by atoms with van der Waals surface area (Å²) < 4.78 is 6.07. The zero-order chi connectivity index (χ0) is 10.7. The van der Waals surface area contributed by atoms with E-state index in [1.54, 1.807) is 0 Å². The van der Waals surface area contributed by atoms with Crippen LogP contribution in [0.1, 0.15) is 47.0 Å². The minimum atomic E-state index is 0.0477. The smallest absolute Gasteiger partial charge is 0.0775 e. The largest absolute Gasteiger partial charge is 0.373 e. The normalized spacial score (nSPS) is 32.6. The lowest BCUT2D eigenvalue weighted by Crippen LogP contribution is -2.37. The lowest BCUT2D eigenvalue weighted by atomic mass is 9.83. The monoisotopic (exact) mass is 199 g/mol. The Labute approximate surface area is 88.4 Å². The molecule has 0 aliphatic carbocycles. The van der Waals surface area contributed by atoms with Crippen LogP contribution in [-0.2, 0) is 4.74 Å². The van der Waals surface area contributed by atoms with E-state index < -0.39 is 0 Å². The molecular formula is C12H25NO. The molecular weight excluding hydrogens is 174 g/mol. The highest BCUT2D eigenvalue weighted by molar-refractivity contribution is 4.87. The van der Waals surface area contributed by atoms with Crippen LogP contribution in [0.2, 0.25) is 0 Å². The lowest BCUT2D eigenvalue weighted by Gasteiger charge is -2.31. The summed E-state index contributed by atoms with van der Waals surface area (Å²) in [6.45, 7) is 12.0. The van der Waals surface area contributed by atoms with E-state index in [9.17, 15) is 0 Å². The van der Waals surface area contributed by atoms with Gasteiger partial charge in [-0.1, -0.05) is 20.8 Å². The number of hydrogen-bond acceptors (Lipinski definition) is 2. The van der Waals surface area contributed by atoms with E-state index in [1.165, 1.54) is 12.8 Å². The number of rotatable bonds is 3. The molecule has 0 spiro atoms.